The molecule has 1 N–H and O–H groups in total. The van der Waals surface area contributed by atoms with Crippen molar-refractivity contribution in [3.05, 3.63) is 82.9 Å². The summed E-state index contributed by atoms with van der Waals surface area (Å²) in [5, 5.41) is 3.83. The second-order valence-electron chi connectivity index (χ2n) is 10.7. The molecule has 2 aliphatic rings. The fraction of sp³-hybridized carbons (Fsp3) is 0.355. The number of carbonyl (C=O) groups is 1. The fourth-order valence-corrected chi connectivity index (χ4v) is 5.55. The highest BCUT2D eigenvalue weighted by atomic mass is 16.5. The third-order valence-electron chi connectivity index (χ3n) is 7.94. The molecule has 4 heterocycles. The van der Waals surface area contributed by atoms with Crippen LogP contribution in [0.5, 0.6) is 5.75 Å². The number of hydrogen-bond acceptors (Lipinski definition) is 9. The van der Waals surface area contributed by atoms with Crippen molar-refractivity contribution in [3.8, 4) is 28.4 Å². The number of rotatable bonds is 10. The van der Waals surface area contributed by atoms with E-state index in [0.29, 0.717) is 46.7 Å². The zero-order valence-electron chi connectivity index (χ0n) is 23.7. The highest BCUT2D eigenvalue weighted by molar-refractivity contribution is 6.06. The van der Waals surface area contributed by atoms with Crippen molar-refractivity contribution < 1.29 is 14.1 Å². The second kappa shape index (κ2) is 12.0. The number of nitrogens with zero attached hydrogens (tertiary/aromatic N) is 6. The average molecular weight is 568 g/mol. The summed E-state index contributed by atoms with van der Waals surface area (Å²) in [7, 11) is 1.57. The molecule has 1 aliphatic heterocycles. The van der Waals surface area contributed by atoms with E-state index >= 15 is 0 Å². The van der Waals surface area contributed by atoms with E-state index in [2.05, 4.69) is 31.9 Å². The molecule has 3 aromatic heterocycles. The molecule has 11 heteroatoms. The number of hydrogen-bond donors (Lipinski definition) is 1. The van der Waals surface area contributed by atoms with Gasteiger partial charge in [-0.25, -0.2) is 14.8 Å². The summed E-state index contributed by atoms with van der Waals surface area (Å²) in [5.41, 5.74) is 3.79. The van der Waals surface area contributed by atoms with Crippen LogP contribution in [0.3, 0.4) is 0 Å². The number of nitrogens with one attached hydrogen (secondary N) is 1. The molecule has 0 radical (unpaired) electrons. The van der Waals surface area contributed by atoms with Crippen molar-refractivity contribution in [2.75, 3.05) is 18.6 Å². The molecule has 1 aromatic carbocycles. The number of H-pyrrole nitrogens is 1. The molecule has 1 aliphatic carbocycles. The van der Waals surface area contributed by atoms with Gasteiger partial charge in [0.25, 0.3) is 5.91 Å². The van der Waals surface area contributed by atoms with E-state index in [-0.39, 0.29) is 12.1 Å². The van der Waals surface area contributed by atoms with E-state index in [9.17, 15) is 9.59 Å². The number of unbranched alkanes of at least 4 members (excludes halogenated alkanes) is 1. The molecule has 1 atom stereocenters. The van der Waals surface area contributed by atoms with Crippen molar-refractivity contribution in [1.82, 2.24) is 30.0 Å². The van der Waals surface area contributed by atoms with Gasteiger partial charge in [-0.05, 0) is 36.8 Å². The smallest absolute Gasteiger partial charge is 0.439 e. The Bertz CT molecular complexity index is 1620. The maximum Gasteiger partial charge on any atom is 0.439 e. The minimum absolute atomic E-state index is 0.0887. The van der Waals surface area contributed by atoms with E-state index in [0.717, 1.165) is 43.4 Å². The molecule has 11 nitrogen and oxygen atoms in total. The Labute approximate surface area is 243 Å². The zero-order chi connectivity index (χ0) is 29.1. The lowest BCUT2D eigenvalue weighted by Gasteiger charge is -2.48. The van der Waals surface area contributed by atoms with E-state index in [4.69, 9.17) is 14.2 Å². The van der Waals surface area contributed by atoms with Crippen LogP contribution in [-0.2, 0) is 11.2 Å². The van der Waals surface area contributed by atoms with Crippen molar-refractivity contribution in [3.63, 3.8) is 0 Å². The van der Waals surface area contributed by atoms with Crippen LogP contribution in [0.2, 0.25) is 0 Å². The Morgan fingerprint density at radius 3 is 2.43 bits per heavy atom. The average Bonchev–Trinajstić information content (AvgIpc) is 3.43. The van der Waals surface area contributed by atoms with Gasteiger partial charge in [0.2, 0.25) is 5.95 Å². The van der Waals surface area contributed by atoms with Gasteiger partial charge in [-0.1, -0.05) is 55.3 Å². The first-order valence-electron chi connectivity index (χ1n) is 14.3. The van der Waals surface area contributed by atoms with Gasteiger partial charge < -0.3 is 9.64 Å². The zero-order valence-corrected chi connectivity index (χ0v) is 23.7. The van der Waals surface area contributed by atoms with Crippen molar-refractivity contribution in [2.24, 2.45) is 5.92 Å². The largest absolute Gasteiger partial charge is 0.494 e. The number of anilines is 1. The van der Waals surface area contributed by atoms with Crippen molar-refractivity contribution in [1.29, 1.82) is 0 Å². The SMILES string of the molecule is CCCCN1C=C(Cc2ccc(-c3ccccc3-c3noc(=O)[nH]3)nc2)C(=O)N(c2ncc(OC)cn2)C1C1CCC1. The molecule has 0 bridgehead atoms. The van der Waals surface area contributed by atoms with Gasteiger partial charge in [-0.15, -0.1) is 0 Å². The Kier molecular flexibility index (Phi) is 7.81. The number of carbonyl (C=O) groups excluding carboxylic acids is 1. The van der Waals surface area contributed by atoms with E-state index in [1.54, 1.807) is 30.6 Å². The number of methoxy groups -OCH3 is 1. The quantitative estimate of drug-likeness (QED) is 0.292. The van der Waals surface area contributed by atoms with Crippen molar-refractivity contribution in [2.45, 2.75) is 51.6 Å². The minimum atomic E-state index is -0.616. The lowest BCUT2D eigenvalue weighted by molar-refractivity contribution is -0.118. The summed E-state index contributed by atoms with van der Waals surface area (Å²) in [4.78, 5) is 46.1. The first kappa shape index (κ1) is 27.4. The molecule has 1 amide bonds. The second-order valence-corrected chi connectivity index (χ2v) is 10.7. The van der Waals surface area contributed by atoms with Crippen LogP contribution in [0.25, 0.3) is 22.6 Å². The minimum Gasteiger partial charge on any atom is -0.494 e. The van der Waals surface area contributed by atoms with E-state index in [1.807, 2.05) is 42.6 Å². The molecule has 1 unspecified atom stereocenters. The maximum absolute atomic E-state index is 14.1. The first-order chi connectivity index (χ1) is 20.6. The summed E-state index contributed by atoms with van der Waals surface area (Å²) >= 11 is 0. The van der Waals surface area contributed by atoms with Crippen LogP contribution >= 0.6 is 0 Å². The predicted octanol–water partition coefficient (Wildman–Crippen LogP) is 4.59. The number of aromatic nitrogens is 5. The molecule has 4 aromatic rings. The van der Waals surface area contributed by atoms with Crippen molar-refractivity contribution >= 4 is 11.9 Å². The third kappa shape index (κ3) is 5.41. The monoisotopic (exact) mass is 567 g/mol. The first-order valence-corrected chi connectivity index (χ1v) is 14.3. The molecule has 1 saturated carbocycles. The van der Waals surface area contributed by atoms with Gasteiger partial charge in [-0.3, -0.25) is 24.2 Å². The summed E-state index contributed by atoms with van der Waals surface area (Å²) in [6.07, 6.45) is 12.7. The number of pyridine rings is 1. The van der Waals surface area contributed by atoms with Crippen LogP contribution in [0.4, 0.5) is 5.95 Å². The Morgan fingerprint density at radius 2 is 1.81 bits per heavy atom. The van der Waals surface area contributed by atoms with Gasteiger partial charge in [-0.2, -0.15) is 0 Å². The molecule has 42 heavy (non-hydrogen) atoms. The summed E-state index contributed by atoms with van der Waals surface area (Å²) in [6.45, 7) is 3.02. The summed E-state index contributed by atoms with van der Waals surface area (Å²) in [6, 6.07) is 11.4. The summed E-state index contributed by atoms with van der Waals surface area (Å²) < 4.78 is 9.96. The van der Waals surface area contributed by atoms with Crippen LogP contribution in [0, 0.1) is 5.92 Å². The third-order valence-corrected chi connectivity index (χ3v) is 7.94. The van der Waals surface area contributed by atoms with Crippen LogP contribution in [0.1, 0.15) is 44.6 Å². The molecular weight excluding hydrogens is 534 g/mol. The van der Waals surface area contributed by atoms with E-state index in [1.165, 1.54) is 6.42 Å². The predicted molar refractivity (Wildman–Crippen MR) is 156 cm³/mol. The maximum atomic E-state index is 14.1. The van der Waals surface area contributed by atoms with E-state index < -0.39 is 5.76 Å². The Balaban J connectivity index is 1.31. The Morgan fingerprint density at radius 1 is 1.02 bits per heavy atom. The number of benzene rings is 1. The number of aromatic amines is 1. The molecule has 1 fully saturated rings. The van der Waals surface area contributed by atoms with Gasteiger partial charge in [0.15, 0.2) is 11.6 Å². The lowest BCUT2D eigenvalue weighted by Crippen LogP contribution is -2.59. The van der Waals surface area contributed by atoms with Gasteiger partial charge in [0.05, 0.1) is 25.2 Å². The Hall–Kier alpha value is -4.80. The molecule has 6 rings (SSSR count). The molecule has 0 saturated heterocycles. The number of amides is 1. The summed E-state index contributed by atoms with van der Waals surface area (Å²) in [5.74, 6) is 0.943. The van der Waals surface area contributed by atoms with Gasteiger partial charge >= 0.3 is 5.76 Å². The fourth-order valence-electron chi connectivity index (χ4n) is 5.55. The number of ether oxygens (including phenoxy) is 1. The molecular formula is C31H33N7O4. The molecule has 0 spiro atoms. The highest BCUT2D eigenvalue weighted by Crippen LogP contribution is 2.39. The van der Waals surface area contributed by atoms with Crippen LogP contribution < -0.4 is 15.4 Å². The highest BCUT2D eigenvalue weighted by Gasteiger charge is 2.43. The van der Waals surface area contributed by atoms with Crippen LogP contribution in [-0.4, -0.2) is 55.7 Å². The van der Waals surface area contributed by atoms with Crippen LogP contribution in [0.15, 0.2) is 76.1 Å². The topological polar surface area (TPSA) is 130 Å². The standard InChI is InChI=1S/C31H33N7O4/c1-3-4-14-37-19-22(29(39)38(28(37)21-8-7-9-21)30-33-17-23(41-2)18-34-30)15-20-12-13-26(32-16-20)24-10-5-6-11-25(24)27-35-31(40)42-36-27/h5-6,10-13,16-19,21,28H,3-4,7-9,14-15H2,1-2H3,(H,35,36,40). The van der Waals surface area contributed by atoms with Gasteiger partial charge in [0, 0.05) is 42.1 Å². The lowest BCUT2D eigenvalue weighted by atomic mass is 9.81. The van der Waals surface area contributed by atoms with Gasteiger partial charge in [0.1, 0.15) is 6.17 Å². The normalized spacial score (nSPS) is 17.2. The molecule has 216 valence electrons.